The van der Waals surface area contributed by atoms with Gasteiger partial charge < -0.3 is 9.84 Å². The maximum atomic E-state index is 13.5. The second kappa shape index (κ2) is 5.09. The summed E-state index contributed by atoms with van der Waals surface area (Å²) in [5.74, 6) is -1.63. The number of imidazole rings is 1. The molecule has 5 nitrogen and oxygen atoms in total. The van der Waals surface area contributed by atoms with Gasteiger partial charge in [-0.3, -0.25) is 4.57 Å². The molecule has 0 fully saturated rings. The third-order valence-corrected chi connectivity index (χ3v) is 2.54. The molecule has 2 rings (SSSR count). The summed E-state index contributed by atoms with van der Waals surface area (Å²) in [5.41, 5.74) is 0.00124. The molecule has 0 aliphatic carbocycles. The van der Waals surface area contributed by atoms with E-state index in [9.17, 15) is 9.18 Å². The fourth-order valence-electron chi connectivity index (χ4n) is 1.70. The summed E-state index contributed by atoms with van der Waals surface area (Å²) in [6, 6.07) is 5.76. The number of carboxylic acid groups (broad SMARTS) is 1. The number of rotatable bonds is 4. The highest BCUT2D eigenvalue weighted by atomic mass is 19.1. The average molecular weight is 264 g/mol. The van der Waals surface area contributed by atoms with Crippen molar-refractivity contribution >= 4 is 5.97 Å². The van der Waals surface area contributed by atoms with Crippen molar-refractivity contribution in [3.8, 4) is 11.8 Å². The Kier molecular flexibility index (Phi) is 3.50. The highest BCUT2D eigenvalue weighted by molar-refractivity contribution is 5.85. The van der Waals surface area contributed by atoms with E-state index in [1.807, 2.05) is 0 Å². The topological polar surface area (TPSA) is 64.4 Å². The van der Waals surface area contributed by atoms with E-state index >= 15 is 0 Å². The Bertz CT molecular complexity index is 608. The van der Waals surface area contributed by atoms with Crippen LogP contribution in [0.25, 0.3) is 0 Å². The first kappa shape index (κ1) is 13.1. The Morgan fingerprint density at radius 1 is 1.42 bits per heavy atom. The largest absolute Gasteiger partial charge is 0.477 e. The van der Waals surface area contributed by atoms with Gasteiger partial charge in [0, 0.05) is 6.04 Å². The number of hydrogen-bond donors (Lipinski definition) is 1. The normalized spacial score (nSPS) is 10.7. The van der Waals surface area contributed by atoms with Crippen molar-refractivity contribution < 1.29 is 19.0 Å². The lowest BCUT2D eigenvalue weighted by molar-refractivity contribution is 0.0682. The molecule has 0 atom stereocenters. The van der Waals surface area contributed by atoms with Crippen molar-refractivity contribution in [3.05, 3.63) is 42.0 Å². The molecule has 0 amide bonds. The molecule has 0 saturated heterocycles. The molecule has 0 aliphatic rings. The molecule has 0 saturated carbocycles. The molecular formula is C13H13FN2O3. The van der Waals surface area contributed by atoms with Crippen molar-refractivity contribution in [3.63, 3.8) is 0 Å². The number of nitrogens with zero attached hydrogens (tertiary/aromatic N) is 2. The lowest BCUT2D eigenvalue weighted by Crippen LogP contribution is -2.11. The molecule has 0 spiro atoms. The van der Waals surface area contributed by atoms with Gasteiger partial charge in [0.2, 0.25) is 0 Å². The first-order valence-corrected chi connectivity index (χ1v) is 5.73. The highest BCUT2D eigenvalue weighted by Gasteiger charge is 2.20. The maximum absolute atomic E-state index is 13.5. The molecule has 0 radical (unpaired) electrons. The van der Waals surface area contributed by atoms with Gasteiger partial charge in [-0.15, -0.1) is 0 Å². The smallest absolute Gasteiger partial charge is 0.354 e. The van der Waals surface area contributed by atoms with E-state index < -0.39 is 11.8 Å². The zero-order valence-electron chi connectivity index (χ0n) is 10.5. The fraction of sp³-hybridized carbons (Fsp3) is 0.231. The molecule has 0 bridgehead atoms. The van der Waals surface area contributed by atoms with Gasteiger partial charge in [-0.25, -0.2) is 14.2 Å². The summed E-state index contributed by atoms with van der Waals surface area (Å²) in [6.07, 6.45) is 1.19. The first-order valence-electron chi connectivity index (χ1n) is 5.73. The minimum absolute atomic E-state index is 0.00124. The van der Waals surface area contributed by atoms with Gasteiger partial charge in [-0.1, -0.05) is 12.1 Å². The number of hydrogen-bond acceptors (Lipinski definition) is 3. The Balaban J connectivity index is 2.41. The van der Waals surface area contributed by atoms with Crippen LogP contribution in [0.3, 0.4) is 0 Å². The number of carbonyl (C=O) groups is 1. The van der Waals surface area contributed by atoms with E-state index in [1.165, 1.54) is 22.9 Å². The molecule has 1 N–H and O–H groups in total. The van der Waals surface area contributed by atoms with Gasteiger partial charge in [-0.05, 0) is 26.0 Å². The van der Waals surface area contributed by atoms with Crippen molar-refractivity contribution in [1.82, 2.24) is 9.55 Å². The molecule has 19 heavy (non-hydrogen) atoms. The number of ether oxygens (including phenoxy) is 1. The van der Waals surface area contributed by atoms with Crippen LogP contribution < -0.4 is 4.74 Å². The zero-order valence-corrected chi connectivity index (χ0v) is 10.5. The Hall–Kier alpha value is -2.37. The van der Waals surface area contributed by atoms with Crippen LogP contribution >= 0.6 is 0 Å². The number of para-hydroxylation sites is 1. The van der Waals surface area contributed by atoms with Gasteiger partial charge in [0.25, 0.3) is 0 Å². The van der Waals surface area contributed by atoms with Crippen LogP contribution in [0, 0.1) is 5.82 Å². The van der Waals surface area contributed by atoms with Crippen LogP contribution in [0.5, 0.6) is 11.8 Å². The molecule has 1 heterocycles. The molecule has 1 aromatic heterocycles. The van der Waals surface area contributed by atoms with Crippen LogP contribution in [0.1, 0.15) is 30.4 Å². The van der Waals surface area contributed by atoms with Crippen molar-refractivity contribution in [2.24, 2.45) is 0 Å². The predicted molar refractivity (Wildman–Crippen MR) is 66.0 cm³/mol. The SMILES string of the molecule is CC(C)n1c(C(=O)O)cnc1Oc1ccccc1F. The van der Waals surface area contributed by atoms with Gasteiger partial charge in [-0.2, -0.15) is 0 Å². The monoisotopic (exact) mass is 264 g/mol. The van der Waals surface area contributed by atoms with Gasteiger partial charge in [0.15, 0.2) is 11.6 Å². The molecule has 1 aromatic carbocycles. The second-order valence-corrected chi connectivity index (χ2v) is 4.23. The Labute approximate surface area is 109 Å². The van der Waals surface area contributed by atoms with Gasteiger partial charge >= 0.3 is 12.0 Å². The van der Waals surface area contributed by atoms with Crippen LogP contribution in [-0.2, 0) is 0 Å². The molecule has 100 valence electrons. The van der Waals surface area contributed by atoms with Crippen LogP contribution in [0.4, 0.5) is 4.39 Å². The molecule has 6 heteroatoms. The number of halogens is 1. The van der Waals surface area contributed by atoms with Crippen molar-refractivity contribution in [1.29, 1.82) is 0 Å². The summed E-state index contributed by atoms with van der Waals surface area (Å²) < 4.78 is 20.2. The van der Waals surface area contributed by atoms with Crippen LogP contribution in [0.15, 0.2) is 30.5 Å². The summed E-state index contributed by atoms with van der Waals surface area (Å²) in [7, 11) is 0. The number of aromatic carboxylic acids is 1. The number of carboxylic acids is 1. The summed E-state index contributed by atoms with van der Waals surface area (Å²) in [5, 5.41) is 9.06. The van der Waals surface area contributed by atoms with Crippen molar-refractivity contribution in [2.75, 3.05) is 0 Å². The minimum Gasteiger partial charge on any atom is -0.477 e. The minimum atomic E-state index is -1.11. The third kappa shape index (κ3) is 2.57. The number of aromatic nitrogens is 2. The quantitative estimate of drug-likeness (QED) is 0.921. The molecular weight excluding hydrogens is 251 g/mol. The average Bonchev–Trinajstić information content (AvgIpc) is 2.76. The van der Waals surface area contributed by atoms with Gasteiger partial charge in [0.05, 0.1) is 6.20 Å². The van der Waals surface area contributed by atoms with E-state index in [0.29, 0.717) is 0 Å². The van der Waals surface area contributed by atoms with Crippen molar-refractivity contribution in [2.45, 2.75) is 19.9 Å². The first-order chi connectivity index (χ1) is 9.00. The maximum Gasteiger partial charge on any atom is 0.354 e. The van der Waals surface area contributed by atoms with E-state index in [1.54, 1.807) is 26.0 Å². The second-order valence-electron chi connectivity index (χ2n) is 4.23. The summed E-state index contributed by atoms with van der Waals surface area (Å²) in [6.45, 7) is 3.59. The van der Waals surface area contributed by atoms with E-state index in [4.69, 9.17) is 9.84 Å². The van der Waals surface area contributed by atoms with E-state index in [0.717, 1.165) is 0 Å². The summed E-state index contributed by atoms with van der Waals surface area (Å²) in [4.78, 5) is 15.0. The molecule has 0 unspecified atom stereocenters. The summed E-state index contributed by atoms with van der Waals surface area (Å²) >= 11 is 0. The van der Waals surface area contributed by atoms with Gasteiger partial charge in [0.1, 0.15) is 5.69 Å². The van der Waals surface area contributed by atoms with Crippen LogP contribution in [-0.4, -0.2) is 20.6 Å². The Morgan fingerprint density at radius 3 is 2.68 bits per heavy atom. The van der Waals surface area contributed by atoms with E-state index in [-0.39, 0.29) is 23.5 Å². The third-order valence-electron chi connectivity index (χ3n) is 2.54. The van der Waals surface area contributed by atoms with Crippen LogP contribution in [0.2, 0.25) is 0 Å². The van der Waals surface area contributed by atoms with E-state index in [2.05, 4.69) is 4.98 Å². The molecule has 0 aliphatic heterocycles. The highest BCUT2D eigenvalue weighted by Crippen LogP contribution is 2.26. The predicted octanol–water partition coefficient (Wildman–Crippen LogP) is 3.09. The fourth-order valence-corrected chi connectivity index (χ4v) is 1.70. The molecule has 2 aromatic rings. The Morgan fingerprint density at radius 2 is 2.11 bits per heavy atom. The lowest BCUT2D eigenvalue weighted by atomic mass is 10.3. The number of benzene rings is 1. The zero-order chi connectivity index (χ0) is 14.0. The standard InChI is InChI=1S/C13H13FN2O3/c1-8(2)16-10(12(17)18)7-15-13(16)19-11-6-4-3-5-9(11)14/h3-8H,1-2H3,(H,17,18). The lowest BCUT2D eigenvalue weighted by Gasteiger charge is -2.13.